The number of hydrogen-bond donors (Lipinski definition) is 1. The first kappa shape index (κ1) is 19.8. The van der Waals surface area contributed by atoms with Crippen molar-refractivity contribution in [1.29, 1.82) is 0 Å². The summed E-state index contributed by atoms with van der Waals surface area (Å²) in [4.78, 5) is 17.3. The van der Waals surface area contributed by atoms with Crippen LogP contribution >= 0.6 is 0 Å². The van der Waals surface area contributed by atoms with Crippen LogP contribution in [0.1, 0.15) is 34.5 Å². The standard InChI is InChI=1S/C25H26N4O/c1-16-10-12-21(13-11-16)29-25-24(19(4)28-29)17(2)22(18(3)26-25)14-15-23(30)27-20-8-6-5-7-9-20/h5-13H,14-15H2,1-4H3,(H,27,30). The number of rotatable bonds is 5. The van der Waals surface area contributed by atoms with Gasteiger partial charge in [0.25, 0.3) is 0 Å². The molecule has 1 amide bonds. The third kappa shape index (κ3) is 3.83. The molecule has 0 aliphatic heterocycles. The highest BCUT2D eigenvalue weighted by Gasteiger charge is 2.18. The van der Waals surface area contributed by atoms with E-state index in [1.54, 1.807) is 0 Å². The summed E-state index contributed by atoms with van der Waals surface area (Å²) >= 11 is 0. The first-order valence-electron chi connectivity index (χ1n) is 10.2. The van der Waals surface area contributed by atoms with E-state index in [9.17, 15) is 4.79 Å². The zero-order valence-corrected chi connectivity index (χ0v) is 17.9. The van der Waals surface area contributed by atoms with Gasteiger partial charge in [-0.3, -0.25) is 4.79 Å². The molecule has 2 aromatic heterocycles. The second-order valence-electron chi connectivity index (χ2n) is 7.75. The summed E-state index contributed by atoms with van der Waals surface area (Å²) in [6, 6.07) is 17.8. The number of para-hydroxylation sites is 1. The molecule has 5 nitrogen and oxygen atoms in total. The fourth-order valence-electron chi connectivity index (χ4n) is 3.92. The zero-order chi connectivity index (χ0) is 21.3. The van der Waals surface area contributed by atoms with Gasteiger partial charge >= 0.3 is 0 Å². The minimum absolute atomic E-state index is 0.00664. The maximum Gasteiger partial charge on any atom is 0.224 e. The number of aromatic nitrogens is 3. The smallest absolute Gasteiger partial charge is 0.224 e. The molecule has 5 heteroatoms. The van der Waals surface area contributed by atoms with Crippen LogP contribution < -0.4 is 5.32 Å². The van der Waals surface area contributed by atoms with Crippen LogP contribution in [0.15, 0.2) is 54.6 Å². The Bertz CT molecular complexity index is 1210. The van der Waals surface area contributed by atoms with Gasteiger partial charge in [0.1, 0.15) is 0 Å². The van der Waals surface area contributed by atoms with Crippen LogP contribution in [0, 0.1) is 27.7 Å². The number of aryl methyl sites for hydroxylation is 4. The summed E-state index contributed by atoms with van der Waals surface area (Å²) in [5.74, 6) is 0.00664. The van der Waals surface area contributed by atoms with Crippen LogP contribution in [-0.4, -0.2) is 20.7 Å². The Balaban J connectivity index is 1.63. The normalized spacial score (nSPS) is 11.1. The molecule has 2 aromatic carbocycles. The van der Waals surface area contributed by atoms with Gasteiger partial charge in [0.15, 0.2) is 5.65 Å². The predicted molar refractivity (Wildman–Crippen MR) is 121 cm³/mol. The molecule has 0 radical (unpaired) electrons. The lowest BCUT2D eigenvalue weighted by Crippen LogP contribution is -2.13. The fraction of sp³-hybridized carbons (Fsp3) is 0.240. The molecule has 152 valence electrons. The van der Waals surface area contributed by atoms with Crippen LogP contribution in [0.25, 0.3) is 16.7 Å². The van der Waals surface area contributed by atoms with Crippen molar-refractivity contribution in [2.24, 2.45) is 0 Å². The van der Waals surface area contributed by atoms with Crippen LogP contribution in [0.4, 0.5) is 5.69 Å². The molecular formula is C25H26N4O. The number of amides is 1. The lowest BCUT2D eigenvalue weighted by Gasteiger charge is -2.12. The third-order valence-corrected chi connectivity index (χ3v) is 5.51. The second kappa shape index (κ2) is 8.11. The van der Waals surface area contributed by atoms with Crippen molar-refractivity contribution < 1.29 is 4.79 Å². The van der Waals surface area contributed by atoms with Gasteiger partial charge in [-0.05, 0) is 69.5 Å². The molecule has 30 heavy (non-hydrogen) atoms. The number of nitrogens with one attached hydrogen (secondary N) is 1. The van der Waals surface area contributed by atoms with Gasteiger partial charge in [-0.15, -0.1) is 0 Å². The maximum atomic E-state index is 12.4. The molecule has 0 spiro atoms. The predicted octanol–water partition coefficient (Wildman–Crippen LogP) is 5.23. The highest BCUT2D eigenvalue weighted by molar-refractivity contribution is 5.91. The summed E-state index contributed by atoms with van der Waals surface area (Å²) < 4.78 is 1.91. The Kier molecular flexibility index (Phi) is 5.36. The van der Waals surface area contributed by atoms with Crippen molar-refractivity contribution in [3.63, 3.8) is 0 Å². The average Bonchev–Trinajstić information content (AvgIpc) is 3.05. The van der Waals surface area contributed by atoms with E-state index in [2.05, 4.69) is 43.4 Å². The Morgan fingerprint density at radius 2 is 1.63 bits per heavy atom. The topological polar surface area (TPSA) is 59.8 Å². The molecular weight excluding hydrogens is 372 g/mol. The number of carbonyl (C=O) groups is 1. The number of benzene rings is 2. The maximum absolute atomic E-state index is 12.4. The molecule has 0 fully saturated rings. The number of carbonyl (C=O) groups excluding carboxylic acids is 1. The first-order chi connectivity index (χ1) is 14.4. The monoisotopic (exact) mass is 398 g/mol. The largest absolute Gasteiger partial charge is 0.326 e. The molecule has 0 unspecified atom stereocenters. The van der Waals surface area contributed by atoms with E-state index in [-0.39, 0.29) is 5.91 Å². The number of fused-ring (bicyclic) bond motifs is 1. The zero-order valence-electron chi connectivity index (χ0n) is 17.9. The average molecular weight is 399 g/mol. The van der Waals surface area contributed by atoms with Crippen molar-refractivity contribution in [3.05, 3.63) is 82.7 Å². The van der Waals surface area contributed by atoms with Crippen molar-refractivity contribution in [2.45, 2.75) is 40.5 Å². The third-order valence-electron chi connectivity index (χ3n) is 5.51. The molecule has 2 heterocycles. The highest BCUT2D eigenvalue weighted by atomic mass is 16.1. The Labute approximate surface area is 176 Å². The van der Waals surface area contributed by atoms with Gasteiger partial charge in [0.2, 0.25) is 5.91 Å². The van der Waals surface area contributed by atoms with E-state index in [4.69, 9.17) is 10.1 Å². The van der Waals surface area contributed by atoms with Gasteiger partial charge < -0.3 is 5.32 Å². The minimum Gasteiger partial charge on any atom is -0.326 e. The number of anilines is 1. The van der Waals surface area contributed by atoms with E-state index < -0.39 is 0 Å². The van der Waals surface area contributed by atoms with Crippen LogP contribution in [0.3, 0.4) is 0 Å². The molecule has 0 bridgehead atoms. The van der Waals surface area contributed by atoms with E-state index >= 15 is 0 Å². The van der Waals surface area contributed by atoms with E-state index in [0.29, 0.717) is 12.8 Å². The van der Waals surface area contributed by atoms with E-state index in [1.165, 1.54) is 5.56 Å². The molecule has 4 aromatic rings. The van der Waals surface area contributed by atoms with Crippen molar-refractivity contribution in [3.8, 4) is 5.69 Å². The lowest BCUT2D eigenvalue weighted by atomic mass is 9.99. The minimum atomic E-state index is 0.00664. The summed E-state index contributed by atoms with van der Waals surface area (Å²) in [6.45, 7) is 8.21. The summed E-state index contributed by atoms with van der Waals surface area (Å²) in [7, 11) is 0. The summed E-state index contributed by atoms with van der Waals surface area (Å²) in [5, 5.41) is 8.78. The molecule has 0 aliphatic carbocycles. The number of hydrogen-bond acceptors (Lipinski definition) is 3. The number of nitrogens with zero attached hydrogens (tertiary/aromatic N) is 3. The Morgan fingerprint density at radius 3 is 2.33 bits per heavy atom. The summed E-state index contributed by atoms with van der Waals surface area (Å²) in [5.41, 5.74) is 8.07. The quantitative estimate of drug-likeness (QED) is 0.501. The molecule has 0 atom stereocenters. The second-order valence-corrected chi connectivity index (χ2v) is 7.75. The van der Waals surface area contributed by atoms with Gasteiger partial charge in [-0.1, -0.05) is 35.9 Å². The van der Waals surface area contributed by atoms with E-state index in [0.717, 1.165) is 44.9 Å². The van der Waals surface area contributed by atoms with Crippen molar-refractivity contribution >= 4 is 22.6 Å². The summed E-state index contributed by atoms with van der Waals surface area (Å²) in [6.07, 6.45) is 1.06. The SMILES string of the molecule is Cc1ccc(-n2nc(C)c3c(C)c(CCC(=O)Nc4ccccc4)c(C)nc32)cc1. The van der Waals surface area contributed by atoms with Crippen LogP contribution in [0.2, 0.25) is 0 Å². The van der Waals surface area contributed by atoms with Crippen molar-refractivity contribution in [2.75, 3.05) is 5.32 Å². The van der Waals surface area contributed by atoms with Crippen LogP contribution in [-0.2, 0) is 11.2 Å². The Morgan fingerprint density at radius 1 is 0.933 bits per heavy atom. The lowest BCUT2D eigenvalue weighted by molar-refractivity contribution is -0.116. The van der Waals surface area contributed by atoms with Crippen molar-refractivity contribution in [1.82, 2.24) is 14.8 Å². The Hall–Kier alpha value is -3.47. The highest BCUT2D eigenvalue weighted by Crippen LogP contribution is 2.28. The molecule has 1 N–H and O–H groups in total. The van der Waals surface area contributed by atoms with Gasteiger partial charge in [0, 0.05) is 23.2 Å². The van der Waals surface area contributed by atoms with Crippen LogP contribution in [0.5, 0.6) is 0 Å². The first-order valence-corrected chi connectivity index (χ1v) is 10.2. The molecule has 0 saturated heterocycles. The fourth-order valence-corrected chi connectivity index (χ4v) is 3.92. The van der Waals surface area contributed by atoms with E-state index in [1.807, 2.05) is 48.9 Å². The van der Waals surface area contributed by atoms with Gasteiger partial charge in [0.05, 0.1) is 11.4 Å². The molecule has 0 saturated carbocycles. The van der Waals surface area contributed by atoms with Gasteiger partial charge in [-0.25, -0.2) is 9.67 Å². The van der Waals surface area contributed by atoms with Gasteiger partial charge in [-0.2, -0.15) is 5.10 Å². The molecule has 0 aliphatic rings. The number of pyridine rings is 1. The molecule has 4 rings (SSSR count).